The molecule has 13 heavy (non-hydrogen) atoms. The summed E-state index contributed by atoms with van der Waals surface area (Å²) in [4.78, 5) is 0. The number of hydrogen-bond acceptors (Lipinski definition) is 1. The van der Waals surface area contributed by atoms with Crippen molar-refractivity contribution < 1.29 is 0 Å². The van der Waals surface area contributed by atoms with E-state index in [1.807, 2.05) is 0 Å². The first kappa shape index (κ1) is 9.51. The molecule has 1 nitrogen and oxygen atoms in total. The van der Waals surface area contributed by atoms with E-state index in [2.05, 4.69) is 33.0 Å². The first-order valence-electron chi connectivity index (χ1n) is 5.67. The SMILES string of the molecule is CC1(C)C(CC2CCNC2)C1(C)C. The van der Waals surface area contributed by atoms with E-state index in [1.54, 1.807) is 0 Å². The van der Waals surface area contributed by atoms with Gasteiger partial charge >= 0.3 is 0 Å². The van der Waals surface area contributed by atoms with Crippen LogP contribution in [0.15, 0.2) is 0 Å². The summed E-state index contributed by atoms with van der Waals surface area (Å²) in [6.45, 7) is 12.2. The molecular weight excluding hydrogens is 158 g/mol. The number of hydrogen-bond donors (Lipinski definition) is 1. The van der Waals surface area contributed by atoms with Crippen LogP contribution in [0.25, 0.3) is 0 Å². The van der Waals surface area contributed by atoms with E-state index in [9.17, 15) is 0 Å². The summed E-state index contributed by atoms with van der Waals surface area (Å²) in [5.74, 6) is 1.93. The van der Waals surface area contributed by atoms with Gasteiger partial charge in [0.25, 0.3) is 0 Å². The van der Waals surface area contributed by atoms with Gasteiger partial charge in [-0.05, 0) is 48.6 Å². The zero-order valence-electron chi connectivity index (χ0n) is 9.48. The van der Waals surface area contributed by atoms with Crippen LogP contribution >= 0.6 is 0 Å². The minimum Gasteiger partial charge on any atom is -0.316 e. The Bertz CT molecular complexity index is 185. The molecule has 1 N–H and O–H groups in total. The Morgan fingerprint density at radius 2 is 1.77 bits per heavy atom. The van der Waals surface area contributed by atoms with E-state index in [0.29, 0.717) is 10.8 Å². The van der Waals surface area contributed by atoms with Gasteiger partial charge in [0.05, 0.1) is 0 Å². The van der Waals surface area contributed by atoms with E-state index in [0.717, 1.165) is 11.8 Å². The molecule has 1 atom stereocenters. The molecule has 1 heterocycles. The lowest BCUT2D eigenvalue weighted by Gasteiger charge is -2.08. The van der Waals surface area contributed by atoms with Crippen molar-refractivity contribution in [1.82, 2.24) is 5.32 Å². The largest absolute Gasteiger partial charge is 0.316 e. The molecule has 1 saturated heterocycles. The van der Waals surface area contributed by atoms with Gasteiger partial charge in [-0.2, -0.15) is 0 Å². The van der Waals surface area contributed by atoms with Gasteiger partial charge in [0.2, 0.25) is 0 Å². The highest BCUT2D eigenvalue weighted by Crippen LogP contribution is 2.70. The van der Waals surface area contributed by atoms with Crippen LogP contribution in [0.2, 0.25) is 0 Å². The van der Waals surface area contributed by atoms with Crippen molar-refractivity contribution >= 4 is 0 Å². The lowest BCUT2D eigenvalue weighted by atomic mass is 9.97. The Morgan fingerprint density at radius 3 is 2.15 bits per heavy atom. The third kappa shape index (κ3) is 1.32. The fraction of sp³-hybridized carbons (Fsp3) is 1.00. The molecule has 0 aromatic rings. The quantitative estimate of drug-likeness (QED) is 0.690. The van der Waals surface area contributed by atoms with Crippen LogP contribution in [0.3, 0.4) is 0 Å². The summed E-state index contributed by atoms with van der Waals surface area (Å²) in [7, 11) is 0. The van der Waals surface area contributed by atoms with Crippen molar-refractivity contribution in [2.45, 2.75) is 40.5 Å². The molecule has 2 rings (SSSR count). The van der Waals surface area contributed by atoms with E-state index >= 15 is 0 Å². The second kappa shape index (κ2) is 2.73. The average molecular weight is 181 g/mol. The maximum absolute atomic E-state index is 3.46. The molecule has 0 spiro atoms. The molecule has 0 aromatic carbocycles. The first-order chi connectivity index (χ1) is 5.96. The van der Waals surface area contributed by atoms with Crippen molar-refractivity contribution in [3.8, 4) is 0 Å². The van der Waals surface area contributed by atoms with E-state index < -0.39 is 0 Å². The van der Waals surface area contributed by atoms with Crippen molar-refractivity contribution in [3.63, 3.8) is 0 Å². The molecule has 0 amide bonds. The van der Waals surface area contributed by atoms with E-state index in [1.165, 1.54) is 25.9 Å². The zero-order chi connectivity index (χ0) is 9.69. The smallest absolute Gasteiger partial charge is 0.00199 e. The van der Waals surface area contributed by atoms with Crippen molar-refractivity contribution in [2.24, 2.45) is 22.7 Å². The minimum absolute atomic E-state index is 0.593. The van der Waals surface area contributed by atoms with Crippen LogP contribution < -0.4 is 5.32 Å². The second-order valence-electron chi connectivity index (χ2n) is 6.09. The molecule has 1 heteroatoms. The molecule has 1 aliphatic heterocycles. The van der Waals surface area contributed by atoms with Gasteiger partial charge in [0.1, 0.15) is 0 Å². The van der Waals surface area contributed by atoms with Gasteiger partial charge in [-0.1, -0.05) is 27.7 Å². The van der Waals surface area contributed by atoms with E-state index in [-0.39, 0.29) is 0 Å². The third-order valence-electron chi connectivity index (χ3n) is 5.05. The maximum atomic E-state index is 3.46. The number of nitrogens with one attached hydrogen (secondary N) is 1. The summed E-state index contributed by atoms with van der Waals surface area (Å²) in [6.07, 6.45) is 2.86. The van der Waals surface area contributed by atoms with Crippen LogP contribution in [0.5, 0.6) is 0 Å². The fourth-order valence-corrected chi connectivity index (χ4v) is 3.17. The van der Waals surface area contributed by atoms with Gasteiger partial charge in [0, 0.05) is 0 Å². The molecule has 0 aromatic heterocycles. The third-order valence-corrected chi connectivity index (χ3v) is 5.05. The Morgan fingerprint density at radius 1 is 1.15 bits per heavy atom. The Kier molecular flexibility index (Phi) is 1.99. The van der Waals surface area contributed by atoms with Crippen molar-refractivity contribution in [3.05, 3.63) is 0 Å². The van der Waals surface area contributed by atoms with Crippen LogP contribution in [0.4, 0.5) is 0 Å². The Labute approximate surface area is 82.3 Å². The monoisotopic (exact) mass is 181 g/mol. The zero-order valence-corrected chi connectivity index (χ0v) is 9.48. The van der Waals surface area contributed by atoms with Crippen LogP contribution in [0, 0.1) is 22.7 Å². The lowest BCUT2D eigenvalue weighted by Crippen LogP contribution is -2.10. The van der Waals surface area contributed by atoms with Crippen molar-refractivity contribution in [1.29, 1.82) is 0 Å². The maximum Gasteiger partial charge on any atom is -0.00199 e. The Hall–Kier alpha value is -0.0400. The predicted molar refractivity (Wildman–Crippen MR) is 56.6 cm³/mol. The van der Waals surface area contributed by atoms with Gasteiger partial charge < -0.3 is 5.32 Å². The molecule has 1 unspecified atom stereocenters. The van der Waals surface area contributed by atoms with Crippen LogP contribution in [0.1, 0.15) is 40.5 Å². The number of rotatable bonds is 2. The normalized spacial score (nSPS) is 36.5. The molecule has 2 aliphatic rings. The summed E-state index contributed by atoms with van der Waals surface area (Å²) < 4.78 is 0. The Balaban J connectivity index is 1.90. The summed E-state index contributed by atoms with van der Waals surface area (Å²) in [5, 5.41) is 3.46. The highest BCUT2D eigenvalue weighted by atomic mass is 14.9. The summed E-state index contributed by atoms with van der Waals surface area (Å²) in [5.41, 5.74) is 1.19. The summed E-state index contributed by atoms with van der Waals surface area (Å²) in [6, 6.07) is 0. The standard InChI is InChI=1S/C12H23N/c1-11(2)10(12(11,3)4)7-9-5-6-13-8-9/h9-10,13H,5-8H2,1-4H3. The van der Waals surface area contributed by atoms with Gasteiger partial charge in [-0.15, -0.1) is 0 Å². The fourth-order valence-electron chi connectivity index (χ4n) is 3.17. The van der Waals surface area contributed by atoms with Crippen molar-refractivity contribution in [2.75, 3.05) is 13.1 Å². The van der Waals surface area contributed by atoms with E-state index in [4.69, 9.17) is 0 Å². The van der Waals surface area contributed by atoms with Gasteiger partial charge in [-0.3, -0.25) is 0 Å². The summed E-state index contributed by atoms with van der Waals surface area (Å²) >= 11 is 0. The molecule has 0 radical (unpaired) electrons. The lowest BCUT2D eigenvalue weighted by molar-refractivity contribution is 0.434. The molecule has 1 aliphatic carbocycles. The molecular formula is C12H23N. The minimum atomic E-state index is 0.593. The molecule has 1 saturated carbocycles. The first-order valence-corrected chi connectivity index (χ1v) is 5.67. The molecule has 76 valence electrons. The topological polar surface area (TPSA) is 12.0 Å². The van der Waals surface area contributed by atoms with Crippen LogP contribution in [-0.2, 0) is 0 Å². The van der Waals surface area contributed by atoms with Gasteiger partial charge in [-0.25, -0.2) is 0 Å². The second-order valence-corrected chi connectivity index (χ2v) is 6.09. The van der Waals surface area contributed by atoms with Gasteiger partial charge in [0.15, 0.2) is 0 Å². The average Bonchev–Trinajstić information content (AvgIpc) is 2.44. The highest BCUT2D eigenvalue weighted by Gasteiger charge is 2.64. The molecule has 2 fully saturated rings. The van der Waals surface area contributed by atoms with Crippen LogP contribution in [-0.4, -0.2) is 13.1 Å². The highest BCUT2D eigenvalue weighted by molar-refractivity contribution is 5.12. The molecule has 0 bridgehead atoms. The predicted octanol–water partition coefficient (Wildman–Crippen LogP) is 2.67.